The summed E-state index contributed by atoms with van der Waals surface area (Å²) in [5.74, 6) is 1.87. The molecule has 2 aromatic carbocycles. The number of allylic oxidation sites excluding steroid dienone is 16. The maximum Gasteiger partial charge on any atom is 0.0538 e. The van der Waals surface area contributed by atoms with E-state index in [0.717, 1.165) is 38.5 Å². The molecule has 264 valence electrons. The van der Waals surface area contributed by atoms with Gasteiger partial charge in [0.2, 0.25) is 0 Å². The average Bonchev–Trinajstić information content (AvgIpc) is 3.54. The van der Waals surface area contributed by atoms with Gasteiger partial charge in [-0.25, -0.2) is 0 Å². The zero-order valence-corrected chi connectivity index (χ0v) is 32.2. The fourth-order valence-electron chi connectivity index (χ4n) is 11.4. The van der Waals surface area contributed by atoms with Gasteiger partial charge >= 0.3 is 0 Å². The van der Waals surface area contributed by atoms with Crippen molar-refractivity contribution >= 4 is 57.3 Å². The zero-order chi connectivity index (χ0) is 35.1. The van der Waals surface area contributed by atoms with Crippen molar-refractivity contribution in [1.82, 2.24) is 4.57 Å². The number of fused-ring (bicyclic) bond motifs is 11. The molecule has 0 radical (unpaired) electrons. The second-order valence-corrected chi connectivity index (χ2v) is 19.0. The lowest BCUT2D eigenvalue weighted by Crippen LogP contribution is -2.60. The van der Waals surface area contributed by atoms with Gasteiger partial charge in [-0.1, -0.05) is 128 Å². The largest absolute Gasteiger partial charge is 0.313 e. The van der Waals surface area contributed by atoms with Crippen molar-refractivity contribution in [3.8, 4) is 0 Å². The molecule has 0 saturated carbocycles. The van der Waals surface area contributed by atoms with Gasteiger partial charge in [0.15, 0.2) is 0 Å². The maximum absolute atomic E-state index is 2.69. The van der Waals surface area contributed by atoms with Crippen LogP contribution in [0.25, 0.3) is 33.8 Å². The molecule has 8 atom stereocenters. The highest BCUT2D eigenvalue weighted by Gasteiger charge is 2.64. The van der Waals surface area contributed by atoms with Crippen LogP contribution < -0.4 is 0 Å². The summed E-state index contributed by atoms with van der Waals surface area (Å²) < 4.78 is 2.56. The van der Waals surface area contributed by atoms with Crippen molar-refractivity contribution in [2.75, 3.05) is 0 Å². The van der Waals surface area contributed by atoms with Crippen LogP contribution >= 0.6 is 23.5 Å². The summed E-state index contributed by atoms with van der Waals surface area (Å²) in [4.78, 5) is 1.56. The molecule has 3 aromatic rings. The number of rotatable bonds is 3. The zero-order valence-electron chi connectivity index (χ0n) is 30.5. The Hall–Kier alpha value is -3.92. The molecule has 0 N–H and O–H groups in total. The third-order valence-electron chi connectivity index (χ3n) is 13.4. The summed E-state index contributed by atoms with van der Waals surface area (Å²) in [7, 11) is 0. The molecule has 3 heterocycles. The summed E-state index contributed by atoms with van der Waals surface area (Å²) in [6.45, 7) is 2.45. The smallest absolute Gasteiger partial charge is 0.0538 e. The minimum absolute atomic E-state index is 0.0172. The Bertz CT molecular complexity index is 2330. The third-order valence-corrected chi connectivity index (χ3v) is 16.4. The van der Waals surface area contributed by atoms with E-state index in [4.69, 9.17) is 0 Å². The number of hydrogen-bond donors (Lipinski definition) is 0. The minimum atomic E-state index is -0.0172. The van der Waals surface area contributed by atoms with Crippen molar-refractivity contribution in [3.63, 3.8) is 0 Å². The second-order valence-electron chi connectivity index (χ2n) is 16.4. The molecule has 1 aromatic heterocycles. The topological polar surface area (TPSA) is 4.93 Å². The molecule has 2 saturated heterocycles. The number of benzene rings is 2. The van der Waals surface area contributed by atoms with E-state index >= 15 is 0 Å². The van der Waals surface area contributed by atoms with E-state index in [1.807, 2.05) is 0 Å². The molecular formula is C50H47NS2. The number of aromatic nitrogens is 1. The highest BCUT2D eigenvalue weighted by Crippen LogP contribution is 2.72. The summed E-state index contributed by atoms with van der Waals surface area (Å²) >= 11 is 4.44. The van der Waals surface area contributed by atoms with Crippen molar-refractivity contribution < 1.29 is 0 Å². The van der Waals surface area contributed by atoms with Crippen LogP contribution in [0.15, 0.2) is 144 Å². The van der Waals surface area contributed by atoms with Gasteiger partial charge in [0, 0.05) is 66.2 Å². The molecule has 2 aliphatic heterocycles. The van der Waals surface area contributed by atoms with E-state index in [-0.39, 0.29) is 5.41 Å². The van der Waals surface area contributed by atoms with Gasteiger partial charge in [-0.2, -0.15) is 0 Å². The van der Waals surface area contributed by atoms with Crippen LogP contribution in [-0.2, 0) is 6.42 Å². The Morgan fingerprint density at radius 1 is 0.755 bits per heavy atom. The van der Waals surface area contributed by atoms with E-state index in [9.17, 15) is 0 Å². The molecule has 53 heavy (non-hydrogen) atoms. The first kappa shape index (κ1) is 32.5. The van der Waals surface area contributed by atoms with Gasteiger partial charge in [-0.05, 0) is 96.9 Å². The van der Waals surface area contributed by atoms with Crippen LogP contribution in [0.1, 0.15) is 67.8 Å². The standard InChI is InChI=1S/C50H47NS2/c1-32-28-38(33-14-4-2-5-15-33)49-48(29-32)53-46-23-13-10-20-41(46)50(49)40-19-9-12-22-45(40)52-47-31-35(24-26-42(47)50)34-25-27-44-39(30-34)37-18-8-11-21-43(37)51(44)36-16-6-3-7-17-36/h2,4-6,8,10,13-20,22-28,30-32,41-42,46-49H,3,7,9,11-12,21,29H2,1H3. The van der Waals surface area contributed by atoms with Crippen LogP contribution in [0, 0.1) is 29.1 Å². The third kappa shape index (κ3) is 4.99. The first-order chi connectivity index (χ1) is 26.2. The van der Waals surface area contributed by atoms with Crippen molar-refractivity contribution in [2.24, 2.45) is 29.1 Å². The molecule has 0 amide bonds. The molecule has 1 nitrogen and oxygen atoms in total. The highest BCUT2D eigenvalue weighted by atomic mass is 32.2. The summed E-state index contributed by atoms with van der Waals surface area (Å²) in [6, 6.07) is 18.8. The average molecular weight is 726 g/mol. The molecule has 6 aliphatic carbocycles. The van der Waals surface area contributed by atoms with Crippen LogP contribution in [0.5, 0.6) is 0 Å². The van der Waals surface area contributed by atoms with Crippen LogP contribution in [0.2, 0.25) is 0 Å². The number of thioether (sulfide) groups is 2. The lowest BCUT2D eigenvalue weighted by Gasteiger charge is -2.64. The van der Waals surface area contributed by atoms with E-state index in [1.165, 1.54) is 51.0 Å². The Morgan fingerprint density at radius 2 is 1.60 bits per heavy atom. The van der Waals surface area contributed by atoms with E-state index in [1.54, 1.807) is 16.1 Å². The predicted octanol–water partition coefficient (Wildman–Crippen LogP) is 13.0. The molecule has 8 aliphatic rings. The SMILES string of the molecule is CC1C=C(c2ccccc2)C2C(C1)SC1C=CC=CC1C21C2=CCCC=C2SC2C=C(c3ccc4c(c3)c3c(n4C4=CCCC=C4)CCC=C3)C=CC21. The highest BCUT2D eigenvalue weighted by molar-refractivity contribution is 8.04. The number of nitrogens with zero attached hydrogens (tertiary/aromatic N) is 1. The van der Waals surface area contributed by atoms with Crippen molar-refractivity contribution in [1.29, 1.82) is 0 Å². The van der Waals surface area contributed by atoms with Crippen LogP contribution in [-0.4, -0.2) is 20.3 Å². The summed E-state index contributed by atoms with van der Waals surface area (Å²) in [6.07, 6.45) is 45.6. The lowest BCUT2D eigenvalue weighted by atomic mass is 9.48. The first-order valence-electron chi connectivity index (χ1n) is 20.2. The van der Waals surface area contributed by atoms with Crippen LogP contribution in [0.4, 0.5) is 0 Å². The van der Waals surface area contributed by atoms with E-state index in [0.29, 0.717) is 39.4 Å². The molecule has 8 unspecified atom stereocenters. The maximum atomic E-state index is 2.69. The molecule has 1 spiro atoms. The van der Waals surface area contributed by atoms with Gasteiger partial charge in [-0.15, -0.1) is 23.5 Å². The monoisotopic (exact) mass is 725 g/mol. The Balaban J connectivity index is 1.07. The Kier molecular flexibility index (Phi) is 7.88. The Morgan fingerprint density at radius 3 is 2.51 bits per heavy atom. The predicted molar refractivity (Wildman–Crippen MR) is 230 cm³/mol. The van der Waals surface area contributed by atoms with E-state index in [2.05, 4.69) is 175 Å². The molecular weight excluding hydrogens is 679 g/mol. The van der Waals surface area contributed by atoms with Gasteiger partial charge in [0.05, 0.1) is 5.52 Å². The van der Waals surface area contributed by atoms with Gasteiger partial charge in [0.25, 0.3) is 0 Å². The molecule has 3 heteroatoms. The summed E-state index contributed by atoms with van der Waals surface area (Å²) in [5.41, 5.74) is 13.0. The minimum Gasteiger partial charge on any atom is -0.313 e. The fraction of sp³-hybridized carbons (Fsp3) is 0.320. The van der Waals surface area contributed by atoms with Gasteiger partial charge < -0.3 is 4.57 Å². The Labute approximate surface area is 323 Å². The fourth-order valence-corrected chi connectivity index (χ4v) is 15.0. The second kappa shape index (κ2) is 12.8. The van der Waals surface area contributed by atoms with Gasteiger partial charge in [0.1, 0.15) is 0 Å². The molecule has 2 fully saturated rings. The molecule has 11 rings (SSSR count). The van der Waals surface area contributed by atoms with E-state index < -0.39 is 0 Å². The van der Waals surface area contributed by atoms with Crippen LogP contribution in [0.3, 0.4) is 0 Å². The van der Waals surface area contributed by atoms with Gasteiger partial charge in [-0.3, -0.25) is 0 Å². The number of hydrogen-bond acceptors (Lipinski definition) is 2. The normalized spacial score (nSPS) is 33.5. The molecule has 0 bridgehead atoms. The quantitative estimate of drug-likeness (QED) is 0.265. The van der Waals surface area contributed by atoms with Crippen molar-refractivity contribution in [3.05, 3.63) is 166 Å². The van der Waals surface area contributed by atoms with Crippen molar-refractivity contribution in [2.45, 2.75) is 67.6 Å². The lowest BCUT2D eigenvalue weighted by molar-refractivity contribution is 0.107. The first-order valence-corrected chi connectivity index (χ1v) is 22.0. The summed E-state index contributed by atoms with van der Waals surface area (Å²) in [5, 5.41) is 2.84.